The summed E-state index contributed by atoms with van der Waals surface area (Å²) in [7, 11) is 1.99. The van der Waals surface area contributed by atoms with E-state index in [1.54, 1.807) is 6.92 Å². The number of nitrogens with one attached hydrogen (secondary N) is 1. The van der Waals surface area contributed by atoms with Crippen LogP contribution >= 0.6 is 0 Å². The van der Waals surface area contributed by atoms with E-state index in [9.17, 15) is 4.79 Å². The first-order chi connectivity index (χ1) is 8.59. The first-order valence-corrected chi connectivity index (χ1v) is 6.06. The molecule has 2 atom stereocenters. The van der Waals surface area contributed by atoms with E-state index >= 15 is 0 Å². The van der Waals surface area contributed by atoms with Gasteiger partial charge in [0.05, 0.1) is 16.9 Å². The molecule has 0 aliphatic carbocycles. The first-order valence-electron chi connectivity index (χ1n) is 6.06. The van der Waals surface area contributed by atoms with Crippen molar-refractivity contribution < 1.29 is 9.53 Å². The predicted molar refractivity (Wildman–Crippen MR) is 70.5 cm³/mol. The number of carbonyl (C=O) groups is 1. The molecular formula is C14H16N2O2. The van der Waals surface area contributed by atoms with Crippen molar-refractivity contribution in [1.82, 2.24) is 0 Å². The smallest absolute Gasteiger partial charge is 0.196 e. The van der Waals surface area contributed by atoms with Gasteiger partial charge >= 0.3 is 0 Å². The Hall–Kier alpha value is -1.97. The Morgan fingerprint density at radius 2 is 2.11 bits per heavy atom. The van der Waals surface area contributed by atoms with Gasteiger partial charge in [0, 0.05) is 7.05 Å². The van der Waals surface area contributed by atoms with Gasteiger partial charge in [-0.2, -0.15) is 0 Å². The number of carbonyl (C=O) groups excluding carboxylic acids is 1. The molecule has 0 aromatic heterocycles. The molecule has 0 amide bonds. The van der Waals surface area contributed by atoms with Gasteiger partial charge < -0.3 is 15.0 Å². The van der Waals surface area contributed by atoms with Gasteiger partial charge in [-0.15, -0.1) is 0 Å². The standard InChI is InChI=1S/C14H16N2O2/c1-8(17)12-9(2)18-14-13(12)15-10-6-4-5-7-11(10)16(14)3/h4-7,13-15H,1-3H3. The van der Waals surface area contributed by atoms with Crippen molar-refractivity contribution in [1.29, 1.82) is 0 Å². The first kappa shape index (κ1) is 11.1. The number of benzene rings is 1. The normalized spacial score (nSPS) is 25.2. The molecule has 0 bridgehead atoms. The molecular weight excluding hydrogens is 228 g/mol. The number of nitrogens with zero attached hydrogens (tertiary/aromatic N) is 1. The summed E-state index contributed by atoms with van der Waals surface area (Å²) in [5.74, 6) is 0.796. The molecule has 0 radical (unpaired) electrons. The number of hydrogen-bond donors (Lipinski definition) is 1. The minimum atomic E-state index is -0.140. The second kappa shape index (κ2) is 3.77. The number of likely N-dealkylation sites (N-methyl/N-ethyl adjacent to an activating group) is 1. The van der Waals surface area contributed by atoms with Gasteiger partial charge in [-0.1, -0.05) is 12.1 Å². The quantitative estimate of drug-likeness (QED) is 0.821. The van der Waals surface area contributed by atoms with Crippen LogP contribution in [0.4, 0.5) is 11.4 Å². The van der Waals surface area contributed by atoms with Crippen LogP contribution < -0.4 is 10.2 Å². The van der Waals surface area contributed by atoms with Crippen LogP contribution in [0.25, 0.3) is 0 Å². The van der Waals surface area contributed by atoms with Crippen LogP contribution in [0.3, 0.4) is 0 Å². The van der Waals surface area contributed by atoms with Crippen molar-refractivity contribution in [2.75, 3.05) is 17.3 Å². The summed E-state index contributed by atoms with van der Waals surface area (Å²) in [5.41, 5.74) is 2.89. The van der Waals surface area contributed by atoms with Crippen LogP contribution in [0.15, 0.2) is 35.6 Å². The van der Waals surface area contributed by atoms with Crippen LogP contribution in [0, 0.1) is 0 Å². The molecule has 2 unspecified atom stereocenters. The van der Waals surface area contributed by atoms with Crippen molar-refractivity contribution in [3.63, 3.8) is 0 Å². The van der Waals surface area contributed by atoms with Crippen LogP contribution in [-0.4, -0.2) is 25.1 Å². The Labute approximate surface area is 106 Å². The Kier molecular flexibility index (Phi) is 2.33. The maximum Gasteiger partial charge on any atom is 0.196 e. The van der Waals surface area contributed by atoms with Gasteiger partial charge in [-0.25, -0.2) is 0 Å². The van der Waals surface area contributed by atoms with Crippen molar-refractivity contribution >= 4 is 17.2 Å². The number of ether oxygens (including phenoxy) is 1. The molecule has 3 rings (SSSR count). The fraction of sp³-hybridized carbons (Fsp3) is 0.357. The van der Waals surface area contributed by atoms with Crippen molar-refractivity contribution in [2.24, 2.45) is 0 Å². The van der Waals surface area contributed by atoms with E-state index < -0.39 is 0 Å². The average molecular weight is 244 g/mol. The largest absolute Gasteiger partial charge is 0.472 e. The zero-order valence-electron chi connectivity index (χ0n) is 10.7. The van der Waals surface area contributed by atoms with Crippen molar-refractivity contribution in [3.8, 4) is 0 Å². The minimum absolute atomic E-state index is 0.0697. The SMILES string of the molecule is CC(=O)C1=C(C)OC2C1Nc1ccccc1N2C. The highest BCUT2D eigenvalue weighted by atomic mass is 16.5. The van der Waals surface area contributed by atoms with Gasteiger partial charge in [0.2, 0.25) is 0 Å². The number of allylic oxidation sites excluding steroid dienone is 1. The second-order valence-electron chi connectivity index (χ2n) is 4.78. The number of fused-ring (bicyclic) bond motifs is 2. The molecule has 1 N–H and O–H groups in total. The van der Waals surface area contributed by atoms with Gasteiger partial charge in [-0.3, -0.25) is 4.79 Å². The molecule has 0 spiro atoms. The summed E-state index contributed by atoms with van der Waals surface area (Å²) in [6.45, 7) is 3.45. The Morgan fingerprint density at radius 1 is 1.39 bits per heavy atom. The molecule has 0 saturated carbocycles. The molecule has 94 valence electrons. The molecule has 18 heavy (non-hydrogen) atoms. The topological polar surface area (TPSA) is 41.6 Å². The van der Waals surface area contributed by atoms with Crippen LogP contribution in [0.2, 0.25) is 0 Å². The number of para-hydroxylation sites is 2. The van der Waals surface area contributed by atoms with Crippen LogP contribution in [0.1, 0.15) is 13.8 Å². The van der Waals surface area contributed by atoms with E-state index in [1.807, 2.05) is 38.2 Å². The monoisotopic (exact) mass is 244 g/mol. The van der Waals surface area contributed by atoms with E-state index in [-0.39, 0.29) is 18.1 Å². The van der Waals surface area contributed by atoms with E-state index in [1.165, 1.54) is 0 Å². The highest BCUT2D eigenvalue weighted by Gasteiger charge is 2.43. The molecule has 2 aliphatic rings. The zero-order chi connectivity index (χ0) is 12.9. The fourth-order valence-electron chi connectivity index (χ4n) is 2.80. The molecule has 2 aliphatic heterocycles. The van der Waals surface area contributed by atoms with E-state index in [4.69, 9.17) is 4.74 Å². The fourth-order valence-corrected chi connectivity index (χ4v) is 2.80. The van der Waals surface area contributed by atoms with Gasteiger partial charge in [-0.05, 0) is 26.0 Å². The maximum atomic E-state index is 11.7. The molecule has 1 aromatic rings. The molecule has 4 nitrogen and oxygen atoms in total. The highest BCUT2D eigenvalue weighted by molar-refractivity contribution is 5.97. The average Bonchev–Trinajstić information content (AvgIpc) is 2.66. The van der Waals surface area contributed by atoms with E-state index in [2.05, 4.69) is 10.2 Å². The number of hydrogen-bond acceptors (Lipinski definition) is 4. The lowest BCUT2D eigenvalue weighted by molar-refractivity contribution is -0.113. The number of rotatable bonds is 1. The molecule has 0 fully saturated rings. The number of ketones is 1. The van der Waals surface area contributed by atoms with Gasteiger partial charge in [0.15, 0.2) is 12.0 Å². The Balaban J connectivity index is 2.05. The second-order valence-corrected chi connectivity index (χ2v) is 4.78. The minimum Gasteiger partial charge on any atom is -0.472 e. The summed E-state index contributed by atoms with van der Waals surface area (Å²) in [6, 6.07) is 7.97. The summed E-state index contributed by atoms with van der Waals surface area (Å²) in [5, 5.41) is 3.41. The molecule has 2 heterocycles. The lowest BCUT2D eigenvalue weighted by atomic mass is 9.99. The third-order valence-corrected chi connectivity index (χ3v) is 3.63. The Bertz CT molecular complexity index is 550. The van der Waals surface area contributed by atoms with Gasteiger partial charge in [0.1, 0.15) is 11.8 Å². The third kappa shape index (κ3) is 1.41. The third-order valence-electron chi connectivity index (χ3n) is 3.63. The summed E-state index contributed by atoms with van der Waals surface area (Å²) >= 11 is 0. The Morgan fingerprint density at radius 3 is 2.83 bits per heavy atom. The molecule has 1 aromatic carbocycles. The highest BCUT2D eigenvalue weighted by Crippen LogP contribution is 2.39. The zero-order valence-corrected chi connectivity index (χ0v) is 10.7. The molecule has 0 saturated heterocycles. The van der Waals surface area contributed by atoms with Gasteiger partial charge in [0.25, 0.3) is 0 Å². The summed E-state index contributed by atoms with van der Waals surface area (Å²) < 4.78 is 5.83. The summed E-state index contributed by atoms with van der Waals surface area (Å²) in [6.07, 6.45) is -0.140. The lowest BCUT2D eigenvalue weighted by Gasteiger charge is -2.38. The van der Waals surface area contributed by atoms with E-state index in [0.717, 1.165) is 22.7 Å². The van der Waals surface area contributed by atoms with Crippen LogP contribution in [-0.2, 0) is 9.53 Å². The number of Topliss-reactive ketones (excluding diaryl/α,β-unsaturated/α-hetero) is 1. The van der Waals surface area contributed by atoms with Crippen molar-refractivity contribution in [2.45, 2.75) is 26.1 Å². The lowest BCUT2D eigenvalue weighted by Crippen LogP contribution is -2.48. The molecule has 4 heteroatoms. The van der Waals surface area contributed by atoms with E-state index in [0.29, 0.717) is 0 Å². The predicted octanol–water partition coefficient (Wildman–Crippen LogP) is 2.14. The van der Waals surface area contributed by atoms with Crippen LogP contribution in [0.5, 0.6) is 0 Å². The maximum absolute atomic E-state index is 11.7. The van der Waals surface area contributed by atoms with Crippen molar-refractivity contribution in [3.05, 3.63) is 35.6 Å². The summed E-state index contributed by atoms with van der Waals surface area (Å²) in [4.78, 5) is 13.8. The number of anilines is 2.